The summed E-state index contributed by atoms with van der Waals surface area (Å²) in [6.45, 7) is 2.34. The van der Waals surface area contributed by atoms with E-state index in [1.165, 1.54) is 18.2 Å². The first-order valence-corrected chi connectivity index (χ1v) is 10.4. The first-order valence-electron chi connectivity index (χ1n) is 8.80. The standard InChI is InChI=1S/C17H23FN6O3S/c1-23(2)16-20-15(21-17(22-16)24-7-9-27-10-8-24)11-19-28(25,26)12-13-5-3-4-6-14(13)18/h3-6,19H,7-12H2,1-2H3. The monoisotopic (exact) mass is 410 g/mol. The molecule has 1 aliphatic heterocycles. The molecule has 0 aliphatic carbocycles. The Kier molecular flexibility index (Phi) is 6.37. The Morgan fingerprint density at radius 1 is 1.18 bits per heavy atom. The Morgan fingerprint density at radius 3 is 2.57 bits per heavy atom. The summed E-state index contributed by atoms with van der Waals surface area (Å²) < 4.78 is 46.2. The van der Waals surface area contributed by atoms with Crippen LogP contribution in [0, 0.1) is 5.82 Å². The first-order chi connectivity index (χ1) is 13.3. The normalized spacial score (nSPS) is 14.9. The zero-order valence-corrected chi connectivity index (χ0v) is 16.6. The Balaban J connectivity index is 1.75. The van der Waals surface area contributed by atoms with Crippen LogP contribution in [0.5, 0.6) is 0 Å². The number of aromatic nitrogens is 3. The third kappa shape index (κ3) is 5.33. The van der Waals surface area contributed by atoms with Crippen LogP contribution in [0.2, 0.25) is 0 Å². The van der Waals surface area contributed by atoms with Crippen LogP contribution in [-0.4, -0.2) is 63.8 Å². The predicted molar refractivity (Wildman–Crippen MR) is 103 cm³/mol. The number of nitrogens with zero attached hydrogens (tertiary/aromatic N) is 5. The number of sulfonamides is 1. The van der Waals surface area contributed by atoms with Crippen LogP contribution in [0.25, 0.3) is 0 Å². The van der Waals surface area contributed by atoms with Gasteiger partial charge in [0.15, 0.2) is 5.82 Å². The van der Waals surface area contributed by atoms with Crippen LogP contribution in [0.1, 0.15) is 11.4 Å². The van der Waals surface area contributed by atoms with E-state index in [1.54, 1.807) is 25.1 Å². The molecule has 1 aliphatic rings. The summed E-state index contributed by atoms with van der Waals surface area (Å²) in [5.41, 5.74) is 0.105. The minimum atomic E-state index is -3.76. The molecule has 0 amide bonds. The molecule has 0 spiro atoms. The van der Waals surface area contributed by atoms with Gasteiger partial charge in [0.2, 0.25) is 21.9 Å². The minimum absolute atomic E-state index is 0.105. The van der Waals surface area contributed by atoms with Gasteiger partial charge in [0.25, 0.3) is 0 Å². The quantitative estimate of drug-likeness (QED) is 0.706. The van der Waals surface area contributed by atoms with Crippen LogP contribution in [0.4, 0.5) is 16.3 Å². The second-order valence-corrected chi connectivity index (χ2v) is 8.32. The highest BCUT2D eigenvalue weighted by Crippen LogP contribution is 2.15. The molecule has 2 heterocycles. The molecule has 9 nitrogen and oxygen atoms in total. The van der Waals surface area contributed by atoms with Gasteiger partial charge in [-0.3, -0.25) is 0 Å². The van der Waals surface area contributed by atoms with E-state index in [0.717, 1.165) is 0 Å². The highest BCUT2D eigenvalue weighted by atomic mass is 32.2. The lowest BCUT2D eigenvalue weighted by Crippen LogP contribution is -2.38. The second kappa shape index (κ2) is 8.76. The molecular weight excluding hydrogens is 387 g/mol. The smallest absolute Gasteiger partial charge is 0.230 e. The van der Waals surface area contributed by atoms with Gasteiger partial charge in [-0.05, 0) is 6.07 Å². The number of anilines is 2. The fourth-order valence-corrected chi connectivity index (χ4v) is 3.72. The molecule has 1 N–H and O–H groups in total. The van der Waals surface area contributed by atoms with Gasteiger partial charge in [0, 0.05) is 32.7 Å². The number of rotatable bonds is 7. The zero-order chi connectivity index (χ0) is 20.1. The molecule has 1 aromatic heterocycles. The van der Waals surface area contributed by atoms with Crippen LogP contribution >= 0.6 is 0 Å². The molecule has 2 aromatic rings. The van der Waals surface area contributed by atoms with Gasteiger partial charge in [0.1, 0.15) is 5.82 Å². The van der Waals surface area contributed by atoms with E-state index in [1.807, 2.05) is 4.90 Å². The Labute approximate surface area is 163 Å². The summed E-state index contributed by atoms with van der Waals surface area (Å²) in [6.07, 6.45) is 0. The molecule has 152 valence electrons. The molecule has 0 saturated carbocycles. The number of benzene rings is 1. The largest absolute Gasteiger partial charge is 0.378 e. The lowest BCUT2D eigenvalue weighted by molar-refractivity contribution is 0.122. The summed E-state index contributed by atoms with van der Waals surface area (Å²) in [4.78, 5) is 16.8. The molecule has 0 bridgehead atoms. The molecule has 11 heteroatoms. The Hall–Kier alpha value is -2.37. The number of ether oxygens (including phenoxy) is 1. The summed E-state index contributed by atoms with van der Waals surface area (Å²) in [5.74, 6) is 0.182. The van der Waals surface area contributed by atoms with Crippen LogP contribution < -0.4 is 14.5 Å². The summed E-state index contributed by atoms with van der Waals surface area (Å²) in [7, 11) is -0.171. The van der Waals surface area contributed by atoms with E-state index in [9.17, 15) is 12.8 Å². The van der Waals surface area contributed by atoms with E-state index in [2.05, 4.69) is 19.7 Å². The van der Waals surface area contributed by atoms with Crippen molar-refractivity contribution in [2.24, 2.45) is 0 Å². The second-order valence-electron chi connectivity index (χ2n) is 6.52. The molecule has 1 aromatic carbocycles. The van der Waals surface area contributed by atoms with Crippen LogP contribution in [0.3, 0.4) is 0 Å². The van der Waals surface area contributed by atoms with Gasteiger partial charge in [-0.25, -0.2) is 17.5 Å². The third-order valence-corrected chi connectivity index (χ3v) is 5.38. The van der Waals surface area contributed by atoms with Crippen molar-refractivity contribution in [3.63, 3.8) is 0 Å². The molecule has 1 fully saturated rings. The lowest BCUT2D eigenvalue weighted by Gasteiger charge is -2.27. The van der Waals surface area contributed by atoms with Crippen molar-refractivity contribution in [2.75, 3.05) is 50.2 Å². The van der Waals surface area contributed by atoms with Gasteiger partial charge in [-0.2, -0.15) is 15.0 Å². The van der Waals surface area contributed by atoms with E-state index in [-0.39, 0.29) is 17.9 Å². The Bertz CT molecular complexity index is 919. The van der Waals surface area contributed by atoms with Gasteiger partial charge in [0.05, 0.1) is 25.5 Å². The molecule has 0 radical (unpaired) electrons. The molecule has 3 rings (SSSR count). The maximum atomic E-state index is 13.7. The molecule has 0 atom stereocenters. The van der Waals surface area contributed by atoms with Gasteiger partial charge in [-0.1, -0.05) is 18.2 Å². The topological polar surface area (TPSA) is 101 Å². The van der Waals surface area contributed by atoms with E-state index >= 15 is 0 Å². The highest BCUT2D eigenvalue weighted by Gasteiger charge is 2.19. The Morgan fingerprint density at radius 2 is 1.89 bits per heavy atom. The minimum Gasteiger partial charge on any atom is -0.378 e. The van der Waals surface area contributed by atoms with E-state index in [4.69, 9.17) is 4.74 Å². The summed E-state index contributed by atoms with van der Waals surface area (Å²) in [6, 6.07) is 5.78. The fraction of sp³-hybridized carbons (Fsp3) is 0.471. The maximum absolute atomic E-state index is 13.7. The number of morpholine rings is 1. The summed E-state index contributed by atoms with van der Waals surface area (Å²) in [5, 5.41) is 0. The van der Waals surface area contributed by atoms with Gasteiger partial charge >= 0.3 is 0 Å². The van der Waals surface area contributed by atoms with Crippen molar-refractivity contribution in [3.8, 4) is 0 Å². The van der Waals surface area contributed by atoms with E-state index < -0.39 is 21.6 Å². The average Bonchev–Trinajstić information content (AvgIpc) is 2.68. The highest BCUT2D eigenvalue weighted by molar-refractivity contribution is 7.88. The number of hydrogen-bond acceptors (Lipinski definition) is 8. The van der Waals surface area contributed by atoms with E-state index in [0.29, 0.717) is 38.2 Å². The first kappa shape index (κ1) is 20.4. The van der Waals surface area contributed by atoms with Crippen molar-refractivity contribution in [1.82, 2.24) is 19.7 Å². The molecule has 28 heavy (non-hydrogen) atoms. The average molecular weight is 410 g/mol. The number of nitrogens with one attached hydrogen (secondary N) is 1. The van der Waals surface area contributed by atoms with Crippen molar-refractivity contribution < 1.29 is 17.5 Å². The van der Waals surface area contributed by atoms with Crippen molar-refractivity contribution in [3.05, 3.63) is 41.5 Å². The fourth-order valence-electron chi connectivity index (χ4n) is 2.62. The lowest BCUT2D eigenvalue weighted by atomic mass is 10.2. The van der Waals surface area contributed by atoms with Gasteiger partial charge in [-0.15, -0.1) is 0 Å². The number of halogens is 1. The SMILES string of the molecule is CN(C)c1nc(CNS(=O)(=O)Cc2ccccc2F)nc(N2CCOCC2)n1. The predicted octanol–water partition coefficient (Wildman–Crippen LogP) is 0.533. The van der Waals surface area contributed by atoms with Gasteiger partial charge < -0.3 is 14.5 Å². The van der Waals surface area contributed by atoms with Crippen LogP contribution in [0.15, 0.2) is 24.3 Å². The summed E-state index contributed by atoms with van der Waals surface area (Å²) >= 11 is 0. The molecular formula is C17H23FN6O3S. The van der Waals surface area contributed by atoms with Crippen LogP contribution in [-0.2, 0) is 27.1 Å². The zero-order valence-electron chi connectivity index (χ0n) is 15.8. The van der Waals surface area contributed by atoms with Crippen molar-refractivity contribution >= 4 is 21.9 Å². The maximum Gasteiger partial charge on any atom is 0.230 e. The number of hydrogen-bond donors (Lipinski definition) is 1. The third-order valence-electron chi connectivity index (χ3n) is 4.11. The van der Waals surface area contributed by atoms with Crippen molar-refractivity contribution in [1.29, 1.82) is 0 Å². The molecule has 1 saturated heterocycles. The van der Waals surface area contributed by atoms with Crippen molar-refractivity contribution in [2.45, 2.75) is 12.3 Å². The molecule has 0 unspecified atom stereocenters.